The van der Waals surface area contributed by atoms with Gasteiger partial charge in [-0.25, -0.2) is 0 Å². The summed E-state index contributed by atoms with van der Waals surface area (Å²) in [5.41, 5.74) is 0.356. The molecule has 0 aromatic heterocycles. The van der Waals surface area contributed by atoms with Crippen molar-refractivity contribution in [3.8, 4) is 18.1 Å². The number of ketones is 1. The van der Waals surface area contributed by atoms with Crippen LogP contribution in [-0.2, 0) is 0 Å². The molecule has 66 valence electrons. The Hall–Kier alpha value is -1.46. The zero-order chi connectivity index (χ0) is 9.84. The third kappa shape index (κ3) is 2.01. The van der Waals surface area contributed by atoms with Gasteiger partial charge >= 0.3 is 0 Å². The summed E-state index contributed by atoms with van der Waals surface area (Å²) in [6.07, 6.45) is 4.98. The number of hydrogen-bond donors (Lipinski definition) is 0. The van der Waals surface area contributed by atoms with Crippen LogP contribution in [0.25, 0.3) is 0 Å². The molecule has 0 heterocycles. The highest BCUT2D eigenvalue weighted by Crippen LogP contribution is 2.23. The first kappa shape index (κ1) is 9.63. The van der Waals surface area contributed by atoms with Gasteiger partial charge in [0.05, 0.1) is 12.7 Å². The summed E-state index contributed by atoms with van der Waals surface area (Å²) in [6.45, 7) is 0. The Morgan fingerprint density at radius 3 is 2.85 bits per heavy atom. The number of carbonyl (C=O) groups is 1. The van der Waals surface area contributed by atoms with Crippen molar-refractivity contribution in [1.82, 2.24) is 0 Å². The third-order valence-electron chi connectivity index (χ3n) is 1.54. The highest BCUT2D eigenvalue weighted by molar-refractivity contribution is 6.31. The number of Topliss-reactive ketones (excluding diaryl/α,β-unsaturated/α-hetero) is 1. The second-order valence-electron chi connectivity index (χ2n) is 2.32. The maximum absolute atomic E-state index is 11.1. The quantitative estimate of drug-likeness (QED) is 0.410. The lowest BCUT2D eigenvalue weighted by molar-refractivity contribution is 0.105. The Kier molecular flexibility index (Phi) is 2.94. The number of halogens is 1. The van der Waals surface area contributed by atoms with E-state index in [0.717, 1.165) is 0 Å². The maximum atomic E-state index is 11.1. The van der Waals surface area contributed by atoms with Gasteiger partial charge in [-0.3, -0.25) is 4.79 Å². The summed E-state index contributed by atoms with van der Waals surface area (Å²) in [5, 5.41) is 0.505. The van der Waals surface area contributed by atoms with Crippen molar-refractivity contribution in [3.05, 3.63) is 28.8 Å². The van der Waals surface area contributed by atoms with E-state index in [0.29, 0.717) is 16.3 Å². The van der Waals surface area contributed by atoms with Crippen molar-refractivity contribution < 1.29 is 9.53 Å². The molecule has 0 spiro atoms. The second kappa shape index (κ2) is 3.97. The molecule has 0 fully saturated rings. The lowest BCUT2D eigenvalue weighted by Crippen LogP contribution is -1.98. The Balaban J connectivity index is 3.23. The lowest BCUT2D eigenvalue weighted by atomic mass is 10.1. The van der Waals surface area contributed by atoms with Crippen LogP contribution in [0.5, 0.6) is 5.75 Å². The van der Waals surface area contributed by atoms with Crippen molar-refractivity contribution >= 4 is 17.4 Å². The van der Waals surface area contributed by atoms with E-state index >= 15 is 0 Å². The topological polar surface area (TPSA) is 26.3 Å². The SMILES string of the molecule is C#CC(=O)c1ccc(Cl)cc1OC. The van der Waals surface area contributed by atoms with Crippen molar-refractivity contribution in [1.29, 1.82) is 0 Å². The van der Waals surface area contributed by atoms with Crippen molar-refractivity contribution in [3.63, 3.8) is 0 Å². The van der Waals surface area contributed by atoms with Crippen LogP contribution < -0.4 is 4.74 Å². The molecule has 0 saturated heterocycles. The average molecular weight is 195 g/mol. The minimum atomic E-state index is -0.409. The fourth-order valence-electron chi connectivity index (χ4n) is 0.930. The van der Waals surface area contributed by atoms with Crippen LogP contribution in [0, 0.1) is 12.3 Å². The Bertz CT molecular complexity index is 377. The molecule has 0 amide bonds. The van der Waals surface area contributed by atoms with Gasteiger partial charge in [-0.1, -0.05) is 11.6 Å². The van der Waals surface area contributed by atoms with Gasteiger partial charge in [-0.05, 0) is 24.1 Å². The van der Waals surface area contributed by atoms with Gasteiger partial charge in [0.15, 0.2) is 0 Å². The summed E-state index contributed by atoms with van der Waals surface area (Å²) in [5.74, 6) is 2.00. The van der Waals surface area contributed by atoms with Gasteiger partial charge in [0.2, 0.25) is 5.78 Å². The number of ether oxygens (including phenoxy) is 1. The number of methoxy groups -OCH3 is 1. The smallest absolute Gasteiger partial charge is 0.239 e. The molecule has 0 atom stereocenters. The van der Waals surface area contributed by atoms with E-state index in [1.165, 1.54) is 7.11 Å². The molecule has 0 aliphatic heterocycles. The van der Waals surface area contributed by atoms with Crippen molar-refractivity contribution in [2.75, 3.05) is 7.11 Å². The number of rotatable bonds is 2. The highest BCUT2D eigenvalue weighted by Gasteiger charge is 2.09. The standard InChI is InChI=1S/C10H7ClO2/c1-3-9(12)8-5-4-7(11)6-10(8)13-2/h1,4-6H,2H3. The molecule has 0 N–H and O–H groups in total. The molecular weight excluding hydrogens is 188 g/mol. The monoisotopic (exact) mass is 194 g/mol. The largest absolute Gasteiger partial charge is 0.496 e. The summed E-state index contributed by atoms with van der Waals surface area (Å²) in [7, 11) is 1.46. The molecule has 0 unspecified atom stereocenters. The van der Waals surface area contributed by atoms with Crippen molar-refractivity contribution in [2.45, 2.75) is 0 Å². The first-order chi connectivity index (χ1) is 6.19. The summed E-state index contributed by atoms with van der Waals surface area (Å²) < 4.78 is 4.95. The highest BCUT2D eigenvalue weighted by atomic mass is 35.5. The summed E-state index contributed by atoms with van der Waals surface area (Å²) in [6, 6.07) is 4.68. The molecule has 0 aliphatic carbocycles. The first-order valence-electron chi connectivity index (χ1n) is 3.53. The van der Waals surface area contributed by atoms with E-state index in [2.05, 4.69) is 0 Å². The van der Waals surface area contributed by atoms with Crippen LogP contribution in [0.3, 0.4) is 0 Å². The Morgan fingerprint density at radius 1 is 1.62 bits per heavy atom. The van der Waals surface area contributed by atoms with Gasteiger partial charge < -0.3 is 4.74 Å². The number of benzene rings is 1. The van der Waals surface area contributed by atoms with Gasteiger partial charge in [-0.15, -0.1) is 6.42 Å². The van der Waals surface area contributed by atoms with Crippen LogP contribution in [0.4, 0.5) is 0 Å². The molecule has 1 rings (SSSR count). The lowest BCUT2D eigenvalue weighted by Gasteiger charge is -2.04. The average Bonchev–Trinajstić information content (AvgIpc) is 2.16. The van der Waals surface area contributed by atoms with E-state index in [9.17, 15) is 4.79 Å². The van der Waals surface area contributed by atoms with Crippen LogP contribution in [0.1, 0.15) is 10.4 Å². The van der Waals surface area contributed by atoms with Crippen LogP contribution in [0.2, 0.25) is 5.02 Å². The fraction of sp³-hybridized carbons (Fsp3) is 0.100. The molecule has 2 nitrogen and oxygen atoms in total. The van der Waals surface area contributed by atoms with Crippen LogP contribution in [-0.4, -0.2) is 12.9 Å². The second-order valence-corrected chi connectivity index (χ2v) is 2.75. The molecule has 0 saturated carbocycles. The zero-order valence-electron chi connectivity index (χ0n) is 7.00. The molecule has 1 aromatic carbocycles. The summed E-state index contributed by atoms with van der Waals surface area (Å²) in [4.78, 5) is 11.1. The van der Waals surface area contributed by atoms with Gasteiger partial charge in [0, 0.05) is 5.02 Å². The van der Waals surface area contributed by atoms with Crippen LogP contribution >= 0.6 is 11.6 Å². The van der Waals surface area contributed by atoms with Gasteiger partial charge in [-0.2, -0.15) is 0 Å². The van der Waals surface area contributed by atoms with E-state index in [1.807, 2.05) is 5.92 Å². The molecule has 13 heavy (non-hydrogen) atoms. The number of carbonyl (C=O) groups excluding carboxylic acids is 1. The maximum Gasteiger partial charge on any atom is 0.239 e. The summed E-state index contributed by atoms with van der Waals surface area (Å²) >= 11 is 5.70. The first-order valence-corrected chi connectivity index (χ1v) is 3.91. The van der Waals surface area contributed by atoms with E-state index in [4.69, 9.17) is 22.8 Å². The van der Waals surface area contributed by atoms with Gasteiger partial charge in [0.25, 0.3) is 0 Å². The van der Waals surface area contributed by atoms with Crippen LogP contribution in [0.15, 0.2) is 18.2 Å². The molecule has 0 bridgehead atoms. The molecular formula is C10H7ClO2. The number of terminal acetylenes is 1. The Morgan fingerprint density at radius 2 is 2.31 bits per heavy atom. The molecule has 1 aromatic rings. The predicted octanol–water partition coefficient (Wildman–Crippen LogP) is 2.16. The molecule has 0 radical (unpaired) electrons. The third-order valence-corrected chi connectivity index (χ3v) is 1.77. The molecule has 3 heteroatoms. The van der Waals surface area contributed by atoms with Crippen molar-refractivity contribution in [2.24, 2.45) is 0 Å². The fourth-order valence-corrected chi connectivity index (χ4v) is 1.09. The van der Waals surface area contributed by atoms with E-state index in [1.54, 1.807) is 18.2 Å². The number of hydrogen-bond acceptors (Lipinski definition) is 2. The van der Waals surface area contributed by atoms with E-state index < -0.39 is 5.78 Å². The Labute approximate surface area is 81.5 Å². The van der Waals surface area contributed by atoms with E-state index in [-0.39, 0.29) is 0 Å². The van der Waals surface area contributed by atoms with Gasteiger partial charge in [0.1, 0.15) is 5.75 Å². The predicted molar refractivity (Wildman–Crippen MR) is 51.2 cm³/mol. The molecule has 0 aliphatic rings. The minimum Gasteiger partial charge on any atom is -0.496 e. The zero-order valence-corrected chi connectivity index (χ0v) is 7.76. The normalized spacial score (nSPS) is 9.00. The minimum absolute atomic E-state index is 0.356.